The summed E-state index contributed by atoms with van der Waals surface area (Å²) in [7, 11) is 0. The van der Waals surface area contributed by atoms with E-state index in [9.17, 15) is 14.4 Å². The molecule has 0 spiro atoms. The minimum Gasteiger partial charge on any atom is -0.478 e. The van der Waals surface area contributed by atoms with Gasteiger partial charge in [-0.2, -0.15) is 5.10 Å². The van der Waals surface area contributed by atoms with E-state index >= 15 is 0 Å². The Kier molecular flexibility index (Phi) is 6.82. The van der Waals surface area contributed by atoms with Crippen molar-refractivity contribution < 1.29 is 19.5 Å². The third-order valence-electron chi connectivity index (χ3n) is 3.21. The molecule has 0 heterocycles. The number of benzene rings is 2. The molecule has 0 atom stereocenters. The summed E-state index contributed by atoms with van der Waals surface area (Å²) in [6.07, 6.45) is 4.36. The Morgan fingerprint density at radius 1 is 0.962 bits per heavy atom. The molecule has 2 aromatic carbocycles. The van der Waals surface area contributed by atoms with Crippen molar-refractivity contribution in [3.63, 3.8) is 0 Å². The van der Waals surface area contributed by atoms with Crippen molar-refractivity contribution in [2.24, 2.45) is 5.10 Å². The van der Waals surface area contributed by atoms with Crippen LogP contribution in [0.15, 0.2) is 65.8 Å². The molecule has 0 aliphatic carbocycles. The van der Waals surface area contributed by atoms with Crippen LogP contribution in [0.1, 0.15) is 21.5 Å². The van der Waals surface area contributed by atoms with Crippen LogP contribution in [0, 0.1) is 0 Å². The van der Waals surface area contributed by atoms with Crippen LogP contribution in [0.2, 0.25) is 0 Å². The summed E-state index contributed by atoms with van der Waals surface area (Å²) in [5.41, 5.74) is 3.95. The smallest absolute Gasteiger partial charge is 0.335 e. The first kappa shape index (κ1) is 18.6. The highest BCUT2D eigenvalue weighted by atomic mass is 16.4. The quantitative estimate of drug-likeness (QED) is 0.400. The van der Waals surface area contributed by atoms with Crippen LogP contribution in [0.25, 0.3) is 6.08 Å². The molecule has 0 saturated heterocycles. The third kappa shape index (κ3) is 6.40. The lowest BCUT2D eigenvalue weighted by Gasteiger charge is -2.01. The average molecular weight is 351 g/mol. The van der Waals surface area contributed by atoms with Crippen molar-refractivity contribution in [1.29, 1.82) is 0 Å². The summed E-state index contributed by atoms with van der Waals surface area (Å²) < 4.78 is 0. The van der Waals surface area contributed by atoms with Gasteiger partial charge in [0.1, 0.15) is 0 Å². The molecule has 0 saturated carbocycles. The van der Waals surface area contributed by atoms with Crippen LogP contribution < -0.4 is 10.7 Å². The van der Waals surface area contributed by atoms with E-state index in [0.29, 0.717) is 5.56 Å². The minimum absolute atomic E-state index is 0.164. The van der Waals surface area contributed by atoms with Crippen molar-refractivity contribution in [3.05, 3.63) is 77.4 Å². The van der Waals surface area contributed by atoms with Gasteiger partial charge in [-0.15, -0.1) is 0 Å². The van der Waals surface area contributed by atoms with E-state index in [1.807, 2.05) is 30.3 Å². The maximum absolute atomic E-state index is 11.6. The van der Waals surface area contributed by atoms with Gasteiger partial charge in [-0.25, -0.2) is 10.2 Å². The van der Waals surface area contributed by atoms with Gasteiger partial charge in [0.15, 0.2) is 0 Å². The molecule has 0 aliphatic heterocycles. The van der Waals surface area contributed by atoms with Crippen LogP contribution >= 0.6 is 0 Å². The second-order valence-electron chi connectivity index (χ2n) is 5.18. The Morgan fingerprint density at radius 3 is 2.31 bits per heavy atom. The van der Waals surface area contributed by atoms with Gasteiger partial charge in [-0.05, 0) is 29.3 Å². The summed E-state index contributed by atoms with van der Waals surface area (Å²) in [5, 5.41) is 15.0. The zero-order valence-corrected chi connectivity index (χ0v) is 13.8. The Labute approximate surface area is 150 Å². The van der Waals surface area contributed by atoms with Gasteiger partial charge in [0, 0.05) is 6.08 Å². The molecule has 0 radical (unpaired) electrons. The van der Waals surface area contributed by atoms with Crippen molar-refractivity contribution in [2.45, 2.75) is 0 Å². The summed E-state index contributed by atoms with van der Waals surface area (Å²) in [4.78, 5) is 34.0. The summed E-state index contributed by atoms with van der Waals surface area (Å²) >= 11 is 0. The molecule has 7 nitrogen and oxygen atoms in total. The lowest BCUT2D eigenvalue weighted by atomic mass is 10.1. The van der Waals surface area contributed by atoms with Crippen LogP contribution in [-0.2, 0) is 9.59 Å². The van der Waals surface area contributed by atoms with E-state index in [-0.39, 0.29) is 12.1 Å². The first-order valence-electron chi connectivity index (χ1n) is 7.71. The van der Waals surface area contributed by atoms with Gasteiger partial charge in [0.2, 0.25) is 5.91 Å². The topological polar surface area (TPSA) is 108 Å². The normalized spacial score (nSPS) is 10.8. The van der Waals surface area contributed by atoms with E-state index in [1.165, 1.54) is 24.4 Å². The predicted molar refractivity (Wildman–Crippen MR) is 97.6 cm³/mol. The van der Waals surface area contributed by atoms with E-state index in [4.69, 9.17) is 5.11 Å². The van der Waals surface area contributed by atoms with Crippen molar-refractivity contribution in [3.8, 4) is 0 Å². The number of carbonyl (C=O) groups excluding carboxylic acids is 2. The molecule has 2 aromatic rings. The monoisotopic (exact) mass is 351 g/mol. The fourth-order valence-electron chi connectivity index (χ4n) is 1.89. The first-order chi connectivity index (χ1) is 12.5. The highest BCUT2D eigenvalue weighted by Crippen LogP contribution is 2.02. The van der Waals surface area contributed by atoms with E-state index in [0.717, 1.165) is 5.56 Å². The number of amides is 2. The molecular formula is C19H17N3O4. The van der Waals surface area contributed by atoms with Crippen molar-refractivity contribution >= 4 is 30.1 Å². The minimum atomic E-state index is -1.01. The van der Waals surface area contributed by atoms with Gasteiger partial charge < -0.3 is 10.4 Å². The molecule has 0 aromatic heterocycles. The molecule has 0 bridgehead atoms. The molecule has 0 unspecified atom stereocenters. The van der Waals surface area contributed by atoms with Gasteiger partial charge in [-0.1, -0.05) is 42.5 Å². The largest absolute Gasteiger partial charge is 0.478 e. The van der Waals surface area contributed by atoms with Gasteiger partial charge in [-0.3, -0.25) is 9.59 Å². The fourth-order valence-corrected chi connectivity index (χ4v) is 1.89. The average Bonchev–Trinajstić information content (AvgIpc) is 2.66. The van der Waals surface area contributed by atoms with E-state index in [2.05, 4.69) is 15.8 Å². The highest BCUT2D eigenvalue weighted by molar-refractivity contribution is 5.94. The third-order valence-corrected chi connectivity index (χ3v) is 3.21. The summed E-state index contributed by atoms with van der Waals surface area (Å²) in [6.45, 7) is -0.215. The number of hydrogen-bond acceptors (Lipinski definition) is 4. The lowest BCUT2D eigenvalue weighted by molar-refractivity contribution is -0.123. The number of rotatable bonds is 7. The Balaban J connectivity index is 1.73. The van der Waals surface area contributed by atoms with Crippen LogP contribution in [0.3, 0.4) is 0 Å². The number of nitrogens with zero attached hydrogens (tertiary/aromatic N) is 1. The predicted octanol–water partition coefficient (Wildman–Crippen LogP) is 1.66. The zero-order chi connectivity index (χ0) is 18.8. The molecular weight excluding hydrogens is 334 g/mol. The fraction of sp³-hybridized carbons (Fsp3) is 0.0526. The Hall–Kier alpha value is -3.74. The summed E-state index contributed by atoms with van der Waals surface area (Å²) in [6, 6.07) is 15.3. The Bertz CT molecular complexity index is 828. The maximum atomic E-state index is 11.6. The molecule has 3 N–H and O–H groups in total. The maximum Gasteiger partial charge on any atom is 0.335 e. The molecule has 26 heavy (non-hydrogen) atoms. The molecule has 7 heteroatoms. The molecule has 0 fully saturated rings. The number of hydrazone groups is 1. The van der Waals surface area contributed by atoms with Crippen molar-refractivity contribution in [1.82, 2.24) is 10.7 Å². The van der Waals surface area contributed by atoms with Gasteiger partial charge in [0.25, 0.3) is 5.91 Å². The van der Waals surface area contributed by atoms with Crippen LogP contribution in [-0.4, -0.2) is 35.6 Å². The number of carboxylic acid groups (broad SMARTS) is 1. The van der Waals surface area contributed by atoms with E-state index < -0.39 is 17.8 Å². The highest BCUT2D eigenvalue weighted by Gasteiger charge is 2.02. The van der Waals surface area contributed by atoms with Crippen LogP contribution in [0.4, 0.5) is 0 Å². The van der Waals surface area contributed by atoms with Crippen molar-refractivity contribution in [2.75, 3.05) is 6.54 Å². The molecule has 132 valence electrons. The summed E-state index contributed by atoms with van der Waals surface area (Å²) in [5.74, 6) is -1.89. The number of carboxylic acids is 1. The standard InChI is InChI=1S/C19H17N3O4/c23-17(11-8-14-4-2-1-3-5-14)20-13-18(24)22-21-12-15-6-9-16(10-7-15)19(25)26/h1-12H,13H2,(H,20,23)(H,22,24)(H,25,26). The first-order valence-corrected chi connectivity index (χ1v) is 7.71. The van der Waals surface area contributed by atoms with Crippen LogP contribution in [0.5, 0.6) is 0 Å². The molecule has 0 aliphatic rings. The van der Waals surface area contributed by atoms with E-state index in [1.54, 1.807) is 18.2 Å². The second kappa shape index (κ2) is 9.53. The molecule has 2 rings (SSSR count). The number of nitrogens with one attached hydrogen (secondary N) is 2. The lowest BCUT2D eigenvalue weighted by Crippen LogP contribution is -2.34. The zero-order valence-electron chi connectivity index (χ0n) is 13.8. The number of aromatic carboxylic acids is 1. The van der Waals surface area contributed by atoms with Gasteiger partial charge in [0.05, 0.1) is 18.3 Å². The SMILES string of the molecule is O=C(C=Cc1ccccc1)NCC(=O)NN=Cc1ccc(C(=O)O)cc1. The number of carbonyl (C=O) groups is 3. The van der Waals surface area contributed by atoms with Gasteiger partial charge >= 0.3 is 5.97 Å². The Morgan fingerprint density at radius 2 is 1.65 bits per heavy atom. The number of hydrogen-bond donors (Lipinski definition) is 3. The second-order valence-corrected chi connectivity index (χ2v) is 5.18. The molecule has 2 amide bonds.